The Labute approximate surface area is 403 Å². The van der Waals surface area contributed by atoms with Crippen LogP contribution in [0.1, 0.15) is 113 Å². The number of benzene rings is 7. The highest BCUT2D eigenvalue weighted by Gasteiger charge is 2.78. The van der Waals surface area contributed by atoms with Gasteiger partial charge in [-0.25, -0.2) is 4.98 Å². The van der Waals surface area contributed by atoms with Crippen molar-refractivity contribution in [1.82, 2.24) is 18.7 Å². The topological polar surface area (TPSA) is 27.1 Å². The van der Waals surface area contributed by atoms with Gasteiger partial charge < -0.3 is 4.74 Å². The van der Waals surface area contributed by atoms with Gasteiger partial charge in [0.15, 0.2) is 18.0 Å². The van der Waals surface area contributed by atoms with E-state index in [0.717, 1.165) is 39.3 Å². The molecule has 0 spiro atoms. The van der Waals surface area contributed by atoms with Gasteiger partial charge in [0.05, 0.1) is 11.0 Å². The number of hydrogen-bond acceptors (Lipinski definition) is 2. The molecule has 11 rings (SSSR count). The van der Waals surface area contributed by atoms with E-state index in [4.69, 9.17) is 9.72 Å². The maximum absolute atomic E-state index is 7.19. The van der Waals surface area contributed by atoms with Crippen LogP contribution in [-0.4, -0.2) is 9.55 Å². The summed E-state index contributed by atoms with van der Waals surface area (Å²) in [5.41, 5.74) is 20.2. The highest BCUT2D eigenvalue weighted by atomic mass is 16.5. The molecule has 0 saturated carbocycles. The number of aryl methyl sites for hydroxylation is 2. The molecule has 9 aromatic rings. The molecule has 1 unspecified atom stereocenters. The van der Waals surface area contributed by atoms with E-state index in [2.05, 4.69) is 239 Å². The zero-order chi connectivity index (χ0) is 47.4. The van der Waals surface area contributed by atoms with E-state index in [-0.39, 0.29) is 5.41 Å². The van der Waals surface area contributed by atoms with Crippen molar-refractivity contribution in [2.75, 3.05) is 0 Å². The van der Waals surface area contributed by atoms with Crippen LogP contribution >= 0.6 is 0 Å². The van der Waals surface area contributed by atoms with E-state index < -0.39 is 0 Å². The summed E-state index contributed by atoms with van der Waals surface area (Å²) in [5, 5.41) is 2.35. The molecule has 2 aliphatic rings. The summed E-state index contributed by atoms with van der Waals surface area (Å²) < 4.78 is 10.7. The van der Waals surface area contributed by atoms with Crippen LogP contribution in [0.25, 0.3) is 49.9 Å². The fourth-order valence-corrected chi connectivity index (χ4v) is 11.2. The van der Waals surface area contributed by atoms with Gasteiger partial charge in [-0.05, 0) is 129 Å². The molecule has 0 radical (unpaired) electrons. The molecule has 0 amide bonds. The Kier molecular flexibility index (Phi) is 10.2. The lowest BCUT2D eigenvalue weighted by Crippen LogP contribution is -2.46. The van der Waals surface area contributed by atoms with Crippen LogP contribution in [0.3, 0.4) is 0 Å². The monoisotopic (exact) mass is 891 g/mol. The Hall–Kier alpha value is -6.79. The van der Waals surface area contributed by atoms with Crippen LogP contribution < -0.4 is 13.9 Å². The highest BCUT2D eigenvalue weighted by Crippen LogP contribution is 2.76. The third-order valence-corrected chi connectivity index (χ3v) is 14.9. The smallest absolute Gasteiger partial charge is 0.225 e. The molecule has 4 heterocycles. The summed E-state index contributed by atoms with van der Waals surface area (Å²) >= 11 is 0. The predicted octanol–water partition coefficient (Wildman–Crippen LogP) is 17.9. The summed E-state index contributed by atoms with van der Waals surface area (Å²) in [6.45, 7) is 27.6. The normalized spacial score (nSPS) is 17.5. The van der Waals surface area contributed by atoms with Crippen molar-refractivity contribution in [1.29, 1.82) is 0 Å². The van der Waals surface area contributed by atoms with Crippen LogP contribution in [0.15, 0.2) is 158 Å². The first-order valence-electron chi connectivity index (χ1n) is 24.5. The van der Waals surface area contributed by atoms with E-state index in [1.165, 1.54) is 78.2 Å². The third-order valence-electron chi connectivity index (χ3n) is 14.9. The Morgan fingerprint density at radius 3 is 1.85 bits per heavy atom. The van der Waals surface area contributed by atoms with Crippen molar-refractivity contribution in [3.05, 3.63) is 198 Å². The zero-order valence-electron chi connectivity index (χ0n) is 41.5. The van der Waals surface area contributed by atoms with E-state index in [1.807, 2.05) is 6.20 Å². The molecule has 5 nitrogen and oxygen atoms in total. The minimum atomic E-state index is -0.0211. The van der Waals surface area contributed by atoms with E-state index in [0.29, 0.717) is 26.9 Å². The number of para-hydroxylation sites is 1. The molecular formula is C63H63N4O+. The van der Waals surface area contributed by atoms with Gasteiger partial charge in [0, 0.05) is 59.4 Å². The van der Waals surface area contributed by atoms with Crippen LogP contribution in [0.2, 0.25) is 0 Å². The van der Waals surface area contributed by atoms with Crippen molar-refractivity contribution in [2.24, 2.45) is 0 Å². The van der Waals surface area contributed by atoms with Crippen LogP contribution in [0, 0.1) is 20.5 Å². The van der Waals surface area contributed by atoms with Crippen molar-refractivity contribution in [3.63, 3.8) is 0 Å². The number of pyridine rings is 1. The molecule has 2 aromatic heterocycles. The maximum atomic E-state index is 7.19. The molecule has 0 N–H and O–H groups in total. The summed E-state index contributed by atoms with van der Waals surface area (Å²) in [7, 11) is 0. The van der Waals surface area contributed by atoms with Gasteiger partial charge in [0.1, 0.15) is 17.3 Å². The average Bonchev–Trinajstić information content (AvgIpc) is 3.84. The highest BCUT2D eigenvalue weighted by molar-refractivity contribution is 6.09. The average molecular weight is 892 g/mol. The number of ether oxygens (including phenoxy) is 1. The third kappa shape index (κ3) is 6.69. The molecule has 5 heteroatoms. The second-order valence-electron chi connectivity index (χ2n) is 21.3. The molecule has 340 valence electrons. The van der Waals surface area contributed by atoms with Crippen LogP contribution in [0.4, 0.5) is 22.7 Å². The number of quaternary nitrogens is 2. The second-order valence-corrected chi connectivity index (χ2v) is 21.3. The van der Waals surface area contributed by atoms with E-state index >= 15 is 0 Å². The molecule has 2 aliphatic heterocycles. The SMILES string of the molecule is Cc1cc2c(cc1C)[N@@+]1(c3cccc(-c4c(C(C)C)cccc4C(C)C)c3)[CH-][N+]21c1cc(Oc2ccc3c4ccccc4n(-c4cc(C(C)(C)C)ccn4)c3c2)cc(-c2ccccc2C(C)C)c1. The Morgan fingerprint density at radius 2 is 1.15 bits per heavy atom. The first kappa shape index (κ1) is 43.8. The van der Waals surface area contributed by atoms with Crippen molar-refractivity contribution >= 4 is 44.6 Å². The number of nitrogens with zero attached hydrogens (tertiary/aromatic N) is 4. The Morgan fingerprint density at radius 1 is 0.529 bits per heavy atom. The first-order chi connectivity index (χ1) is 32.6. The van der Waals surface area contributed by atoms with Crippen molar-refractivity contribution < 1.29 is 4.74 Å². The predicted molar refractivity (Wildman–Crippen MR) is 286 cm³/mol. The maximum Gasteiger partial charge on any atom is 0.225 e. The van der Waals surface area contributed by atoms with Gasteiger partial charge in [0.25, 0.3) is 0 Å². The van der Waals surface area contributed by atoms with Crippen molar-refractivity contribution in [3.8, 4) is 39.6 Å². The lowest BCUT2D eigenvalue weighted by Gasteiger charge is -2.40. The Bertz CT molecular complexity index is 3450. The fraction of sp³-hybridized carbons (Fsp3) is 0.238. The van der Waals surface area contributed by atoms with Gasteiger partial charge in [-0.1, -0.05) is 135 Å². The minimum absolute atomic E-state index is 0.0211. The standard InChI is InChI=1S/C63H63N4O/c1-39(2)51-20-12-13-21-54(51)45-33-48(36-50(34-45)68-49-26-27-56-55-22-14-15-25-57(55)65(58(56)37-49)61-35-46(28-29-64-61)63(9,10)11)67-38-66(67,59-30-42(7)43(8)31-60(59)67)47-19-16-18-44(32-47)62-52(40(3)4)23-17-24-53(62)41(5)6/h12-41H,1-11H3/q+1/t66-,67?/m0/s1. The lowest BCUT2D eigenvalue weighted by molar-refractivity contribution is 0.423. The van der Waals surface area contributed by atoms with E-state index in [1.54, 1.807) is 0 Å². The van der Waals surface area contributed by atoms with Crippen LogP contribution in [-0.2, 0) is 5.41 Å². The van der Waals surface area contributed by atoms with Gasteiger partial charge >= 0.3 is 0 Å². The lowest BCUT2D eigenvalue weighted by atomic mass is 9.85. The van der Waals surface area contributed by atoms with Gasteiger partial charge in [-0.3, -0.25) is 4.57 Å². The Balaban J connectivity index is 1.10. The van der Waals surface area contributed by atoms with Gasteiger partial charge in [-0.2, -0.15) is 9.18 Å². The zero-order valence-corrected chi connectivity index (χ0v) is 41.5. The molecule has 1 fully saturated rings. The van der Waals surface area contributed by atoms with Gasteiger partial charge in [-0.15, -0.1) is 0 Å². The number of fused-ring (bicyclic) bond motifs is 7. The number of hydrogen-bond donors (Lipinski definition) is 0. The fourth-order valence-electron chi connectivity index (χ4n) is 11.2. The summed E-state index contributed by atoms with van der Waals surface area (Å²) in [6.07, 6.45) is 1.94. The van der Waals surface area contributed by atoms with E-state index in [9.17, 15) is 0 Å². The van der Waals surface area contributed by atoms with Gasteiger partial charge in [0.2, 0.25) is 11.4 Å². The molecular weight excluding hydrogens is 829 g/mol. The summed E-state index contributed by atoms with van der Waals surface area (Å²) in [4.78, 5) is 4.96. The molecule has 0 aliphatic carbocycles. The number of rotatable bonds is 10. The molecule has 0 bridgehead atoms. The quantitative estimate of drug-likeness (QED) is 0.0777. The molecule has 2 atom stereocenters. The minimum Gasteiger partial charge on any atom is -0.457 e. The first-order valence-corrected chi connectivity index (χ1v) is 24.5. The number of aromatic nitrogens is 2. The largest absolute Gasteiger partial charge is 0.457 e. The summed E-state index contributed by atoms with van der Waals surface area (Å²) in [6, 6.07) is 56.5. The van der Waals surface area contributed by atoms with Crippen molar-refractivity contribution in [2.45, 2.75) is 99.3 Å². The second kappa shape index (κ2) is 15.9. The molecule has 1 saturated heterocycles. The summed E-state index contributed by atoms with van der Waals surface area (Å²) in [5.74, 6) is 3.61. The molecule has 7 aromatic carbocycles. The van der Waals surface area contributed by atoms with Crippen LogP contribution in [0.5, 0.6) is 11.5 Å². The molecule has 68 heavy (non-hydrogen) atoms.